The second-order valence-electron chi connectivity index (χ2n) is 7.61. The second-order valence-corrected chi connectivity index (χ2v) is 7.61. The average Bonchev–Trinajstić information content (AvgIpc) is 2.88. The van der Waals surface area contributed by atoms with E-state index in [9.17, 15) is 0 Å². The molecule has 0 unspecified atom stereocenters. The third kappa shape index (κ3) is 4.53. The summed E-state index contributed by atoms with van der Waals surface area (Å²) in [4.78, 5) is 0. The molecule has 4 aromatic rings. The highest BCUT2D eigenvalue weighted by Gasteiger charge is 2.37. The molecule has 32 heavy (non-hydrogen) atoms. The normalized spacial score (nSPS) is 11.3. The van der Waals surface area contributed by atoms with Crippen LogP contribution in [0.4, 0.5) is 0 Å². The van der Waals surface area contributed by atoms with Gasteiger partial charge in [0, 0.05) is 14.2 Å². The summed E-state index contributed by atoms with van der Waals surface area (Å²) in [5.41, 5.74) is 4.59. The van der Waals surface area contributed by atoms with E-state index < -0.39 is 5.60 Å². The van der Waals surface area contributed by atoms with Gasteiger partial charge in [-0.3, -0.25) is 0 Å². The summed E-state index contributed by atoms with van der Waals surface area (Å²) in [7, 11) is 2.90. The Hall–Kier alpha value is -3.18. The van der Waals surface area contributed by atoms with Crippen molar-refractivity contribution in [3.05, 3.63) is 138 Å². The molecule has 0 saturated heterocycles. The predicted molar refractivity (Wildman–Crippen MR) is 130 cm³/mol. The van der Waals surface area contributed by atoms with Crippen molar-refractivity contribution in [1.82, 2.24) is 0 Å². The van der Waals surface area contributed by atoms with Crippen LogP contribution in [0.15, 0.2) is 115 Å². The van der Waals surface area contributed by atoms with E-state index in [1.54, 1.807) is 14.2 Å². The standard InChI is InChI=1S/C28H27BO3/c1-30-29(31-2)27-20-18-23(19-21-27)22-32-28(24-12-6-3-7-13-24,25-14-8-4-9-15-25)26-16-10-5-11-17-26/h3-21H,22H2,1-2H3. The maximum Gasteiger partial charge on any atom is 0.493 e. The number of rotatable bonds is 9. The zero-order valence-electron chi connectivity index (χ0n) is 18.5. The highest BCUT2D eigenvalue weighted by atomic mass is 16.6. The van der Waals surface area contributed by atoms with Crippen molar-refractivity contribution < 1.29 is 14.0 Å². The largest absolute Gasteiger partial charge is 0.493 e. The summed E-state index contributed by atoms with van der Waals surface area (Å²) in [5, 5.41) is 0. The molecular formula is C28H27BO3. The van der Waals surface area contributed by atoms with E-state index in [-0.39, 0.29) is 7.12 Å². The van der Waals surface area contributed by atoms with Gasteiger partial charge in [0.15, 0.2) is 0 Å². The van der Waals surface area contributed by atoms with Gasteiger partial charge in [0.25, 0.3) is 0 Å². The van der Waals surface area contributed by atoms with Crippen LogP contribution in [0.1, 0.15) is 22.3 Å². The maximum atomic E-state index is 6.86. The molecule has 4 aromatic carbocycles. The number of hydrogen-bond donors (Lipinski definition) is 0. The fraction of sp³-hybridized carbons (Fsp3) is 0.143. The first kappa shape index (κ1) is 22.0. The Kier molecular flexibility index (Phi) is 7.18. The molecule has 0 aromatic heterocycles. The first-order valence-electron chi connectivity index (χ1n) is 10.7. The molecule has 3 nitrogen and oxygen atoms in total. The highest BCUT2D eigenvalue weighted by molar-refractivity contribution is 6.61. The molecule has 0 amide bonds. The van der Waals surface area contributed by atoms with E-state index in [2.05, 4.69) is 84.9 Å². The van der Waals surface area contributed by atoms with Crippen LogP contribution in [0, 0.1) is 0 Å². The first-order chi connectivity index (χ1) is 15.8. The van der Waals surface area contributed by atoms with Crippen LogP contribution in [-0.2, 0) is 26.3 Å². The van der Waals surface area contributed by atoms with E-state index in [0.29, 0.717) is 6.61 Å². The number of ether oxygens (including phenoxy) is 1. The van der Waals surface area contributed by atoms with E-state index in [0.717, 1.165) is 27.7 Å². The summed E-state index contributed by atoms with van der Waals surface area (Å²) in [6.07, 6.45) is 0. The molecule has 0 heterocycles. The SMILES string of the molecule is COB(OC)c1ccc(COC(c2ccccc2)(c2ccccc2)c2ccccc2)cc1. The Morgan fingerprint density at radius 2 is 0.969 bits per heavy atom. The van der Waals surface area contributed by atoms with E-state index in [1.165, 1.54) is 0 Å². The Labute approximate surface area is 190 Å². The van der Waals surface area contributed by atoms with Crippen molar-refractivity contribution >= 4 is 12.6 Å². The number of hydrogen-bond acceptors (Lipinski definition) is 3. The molecule has 0 fully saturated rings. The summed E-state index contributed by atoms with van der Waals surface area (Å²) >= 11 is 0. The van der Waals surface area contributed by atoms with Gasteiger partial charge in [-0.2, -0.15) is 0 Å². The van der Waals surface area contributed by atoms with E-state index in [1.807, 2.05) is 30.3 Å². The van der Waals surface area contributed by atoms with Gasteiger partial charge in [0.1, 0.15) is 5.60 Å². The Balaban J connectivity index is 1.75. The van der Waals surface area contributed by atoms with Crippen LogP contribution in [0.2, 0.25) is 0 Å². The minimum atomic E-state index is -0.732. The Morgan fingerprint density at radius 1 is 0.562 bits per heavy atom. The Bertz CT molecular complexity index is 983. The monoisotopic (exact) mass is 422 g/mol. The Morgan fingerprint density at radius 3 is 1.34 bits per heavy atom. The van der Waals surface area contributed by atoms with Gasteiger partial charge >= 0.3 is 7.12 Å². The molecule has 160 valence electrons. The fourth-order valence-corrected chi connectivity index (χ4v) is 4.10. The molecular weight excluding hydrogens is 395 g/mol. The second kappa shape index (κ2) is 10.4. The molecule has 4 heteroatoms. The van der Waals surface area contributed by atoms with Gasteiger partial charge in [-0.25, -0.2) is 0 Å². The zero-order chi connectivity index (χ0) is 22.2. The molecule has 0 aliphatic carbocycles. The van der Waals surface area contributed by atoms with Crippen LogP contribution in [0.25, 0.3) is 0 Å². The van der Waals surface area contributed by atoms with Crippen LogP contribution in [0.5, 0.6) is 0 Å². The number of benzene rings is 4. The minimum Gasteiger partial charge on any atom is -0.410 e. The molecule has 0 bridgehead atoms. The van der Waals surface area contributed by atoms with Crippen LogP contribution >= 0.6 is 0 Å². The third-order valence-corrected chi connectivity index (χ3v) is 5.68. The third-order valence-electron chi connectivity index (χ3n) is 5.68. The molecule has 0 spiro atoms. The zero-order valence-corrected chi connectivity index (χ0v) is 18.5. The molecule has 0 aliphatic heterocycles. The quantitative estimate of drug-likeness (QED) is 0.275. The van der Waals surface area contributed by atoms with Crippen molar-refractivity contribution in [3.8, 4) is 0 Å². The van der Waals surface area contributed by atoms with Crippen molar-refractivity contribution in [3.63, 3.8) is 0 Å². The lowest BCUT2D eigenvalue weighted by Gasteiger charge is -2.36. The summed E-state index contributed by atoms with van der Waals surface area (Å²) in [5.74, 6) is 0. The average molecular weight is 422 g/mol. The lowest BCUT2D eigenvalue weighted by atomic mass is 9.78. The van der Waals surface area contributed by atoms with Crippen molar-refractivity contribution in [2.45, 2.75) is 12.2 Å². The fourth-order valence-electron chi connectivity index (χ4n) is 4.10. The summed E-state index contributed by atoms with van der Waals surface area (Å²) < 4.78 is 17.6. The molecule has 0 N–H and O–H groups in total. The lowest BCUT2D eigenvalue weighted by Crippen LogP contribution is -2.35. The topological polar surface area (TPSA) is 27.7 Å². The van der Waals surface area contributed by atoms with Gasteiger partial charge in [-0.15, -0.1) is 0 Å². The van der Waals surface area contributed by atoms with E-state index >= 15 is 0 Å². The van der Waals surface area contributed by atoms with Crippen molar-refractivity contribution in [1.29, 1.82) is 0 Å². The van der Waals surface area contributed by atoms with Gasteiger partial charge in [0.05, 0.1) is 6.61 Å². The van der Waals surface area contributed by atoms with Gasteiger partial charge in [-0.1, -0.05) is 115 Å². The van der Waals surface area contributed by atoms with Crippen LogP contribution in [0.3, 0.4) is 0 Å². The van der Waals surface area contributed by atoms with Crippen molar-refractivity contribution in [2.24, 2.45) is 0 Å². The molecule has 0 atom stereocenters. The maximum absolute atomic E-state index is 6.86. The van der Waals surface area contributed by atoms with E-state index in [4.69, 9.17) is 14.0 Å². The molecule has 4 rings (SSSR count). The van der Waals surface area contributed by atoms with Crippen LogP contribution < -0.4 is 5.46 Å². The smallest absolute Gasteiger partial charge is 0.410 e. The predicted octanol–water partition coefficient (Wildman–Crippen LogP) is 5.18. The van der Waals surface area contributed by atoms with Gasteiger partial charge in [-0.05, 0) is 27.7 Å². The van der Waals surface area contributed by atoms with Gasteiger partial charge in [0.2, 0.25) is 0 Å². The minimum absolute atomic E-state index is 0.373. The summed E-state index contributed by atoms with van der Waals surface area (Å²) in [6, 6.07) is 39.4. The van der Waals surface area contributed by atoms with Crippen molar-refractivity contribution in [2.75, 3.05) is 14.2 Å². The highest BCUT2D eigenvalue weighted by Crippen LogP contribution is 2.41. The molecule has 0 radical (unpaired) electrons. The molecule has 0 saturated carbocycles. The lowest BCUT2D eigenvalue weighted by molar-refractivity contribution is 0.000248. The summed E-state index contributed by atoms with van der Waals surface area (Å²) in [6.45, 7) is 0.448. The molecule has 0 aliphatic rings. The first-order valence-corrected chi connectivity index (χ1v) is 10.7. The van der Waals surface area contributed by atoms with Gasteiger partial charge < -0.3 is 14.0 Å². The van der Waals surface area contributed by atoms with Crippen LogP contribution in [-0.4, -0.2) is 21.3 Å².